The highest BCUT2D eigenvalue weighted by Gasteiger charge is 2.26. The number of hydrogen-bond donors (Lipinski definition) is 0. The van der Waals surface area contributed by atoms with E-state index in [9.17, 15) is 0 Å². The molecule has 1 heteroatoms. The van der Waals surface area contributed by atoms with Crippen molar-refractivity contribution >= 4 is 11.6 Å². The molecule has 75 valence electrons. The molecule has 14 heavy (non-hydrogen) atoms. The zero-order chi connectivity index (χ0) is 9.97. The van der Waals surface area contributed by atoms with Crippen molar-refractivity contribution in [1.82, 2.24) is 0 Å². The fraction of sp³-hybridized carbons (Fsp3) is 0.462. The highest BCUT2D eigenvalue weighted by Crippen LogP contribution is 2.41. The molecule has 2 unspecified atom stereocenters. The molecule has 0 aromatic heterocycles. The SMILES string of the molecule is [CH2]CC1CCCC1c1ccc(Cl)cc1. The maximum Gasteiger partial charge on any atom is 0.0406 e. The Balaban J connectivity index is 2.17. The van der Waals surface area contributed by atoms with E-state index >= 15 is 0 Å². The van der Waals surface area contributed by atoms with Crippen LogP contribution in [-0.4, -0.2) is 0 Å². The molecular weight excluding hydrogens is 192 g/mol. The molecule has 1 fully saturated rings. The number of rotatable bonds is 2. The van der Waals surface area contributed by atoms with Gasteiger partial charge in [-0.1, -0.05) is 37.1 Å². The lowest BCUT2D eigenvalue weighted by molar-refractivity contribution is 0.489. The fourth-order valence-corrected chi connectivity index (χ4v) is 2.66. The fourth-order valence-electron chi connectivity index (χ4n) is 2.53. The van der Waals surface area contributed by atoms with Crippen LogP contribution >= 0.6 is 11.6 Å². The Hall–Kier alpha value is -0.490. The van der Waals surface area contributed by atoms with Gasteiger partial charge in [0.05, 0.1) is 0 Å². The minimum atomic E-state index is 0.727. The van der Waals surface area contributed by atoms with E-state index in [1.807, 2.05) is 12.1 Å². The van der Waals surface area contributed by atoms with Crippen molar-refractivity contribution in [3.05, 3.63) is 41.8 Å². The summed E-state index contributed by atoms with van der Waals surface area (Å²) in [5.74, 6) is 1.51. The van der Waals surface area contributed by atoms with Crippen LogP contribution in [0.2, 0.25) is 5.02 Å². The summed E-state index contributed by atoms with van der Waals surface area (Å²) in [6.45, 7) is 4.03. The molecule has 0 amide bonds. The van der Waals surface area contributed by atoms with Gasteiger partial charge in [-0.3, -0.25) is 0 Å². The zero-order valence-electron chi connectivity index (χ0n) is 8.38. The summed E-state index contributed by atoms with van der Waals surface area (Å²) < 4.78 is 0. The van der Waals surface area contributed by atoms with E-state index in [0.717, 1.165) is 23.3 Å². The molecule has 1 aliphatic carbocycles. The first-order chi connectivity index (χ1) is 6.81. The van der Waals surface area contributed by atoms with Gasteiger partial charge >= 0.3 is 0 Å². The summed E-state index contributed by atoms with van der Waals surface area (Å²) in [5.41, 5.74) is 1.44. The van der Waals surface area contributed by atoms with Crippen LogP contribution in [-0.2, 0) is 0 Å². The molecule has 0 aliphatic heterocycles. The van der Waals surface area contributed by atoms with E-state index in [1.54, 1.807) is 0 Å². The Bertz CT molecular complexity index is 289. The standard InChI is InChI=1S/C13H16Cl/c1-2-10-4-3-5-13(10)11-6-8-12(14)9-7-11/h6-10,13H,1-5H2. The minimum absolute atomic E-state index is 0.727. The van der Waals surface area contributed by atoms with Gasteiger partial charge in [0.1, 0.15) is 0 Å². The first kappa shape index (κ1) is 10.0. The van der Waals surface area contributed by atoms with Gasteiger partial charge < -0.3 is 0 Å². The second kappa shape index (κ2) is 4.35. The van der Waals surface area contributed by atoms with Gasteiger partial charge in [-0.25, -0.2) is 0 Å². The van der Waals surface area contributed by atoms with E-state index in [4.69, 9.17) is 11.6 Å². The van der Waals surface area contributed by atoms with E-state index in [0.29, 0.717) is 0 Å². The quantitative estimate of drug-likeness (QED) is 0.672. The van der Waals surface area contributed by atoms with Crippen LogP contribution in [0.5, 0.6) is 0 Å². The van der Waals surface area contributed by atoms with E-state index in [1.165, 1.54) is 24.8 Å². The molecule has 1 saturated carbocycles. The largest absolute Gasteiger partial charge is 0.0843 e. The predicted octanol–water partition coefficient (Wildman–Crippen LogP) is 4.45. The molecule has 0 nitrogen and oxygen atoms in total. The van der Waals surface area contributed by atoms with Crippen LogP contribution in [0.25, 0.3) is 0 Å². The number of halogens is 1. The van der Waals surface area contributed by atoms with Crippen molar-refractivity contribution < 1.29 is 0 Å². The topological polar surface area (TPSA) is 0 Å². The maximum absolute atomic E-state index is 5.88. The first-order valence-electron chi connectivity index (χ1n) is 5.36. The van der Waals surface area contributed by atoms with Crippen molar-refractivity contribution in [2.75, 3.05) is 0 Å². The molecule has 0 heterocycles. The Labute approximate surface area is 91.3 Å². The van der Waals surface area contributed by atoms with Gasteiger partial charge in [-0.2, -0.15) is 0 Å². The van der Waals surface area contributed by atoms with Gasteiger partial charge in [0.25, 0.3) is 0 Å². The second-order valence-electron chi connectivity index (χ2n) is 4.14. The van der Waals surface area contributed by atoms with E-state index in [2.05, 4.69) is 19.1 Å². The van der Waals surface area contributed by atoms with E-state index in [-0.39, 0.29) is 0 Å². The summed E-state index contributed by atoms with van der Waals surface area (Å²) in [5, 5.41) is 0.831. The molecule has 0 saturated heterocycles. The Morgan fingerprint density at radius 1 is 1.21 bits per heavy atom. The van der Waals surface area contributed by atoms with Crippen molar-refractivity contribution in [2.45, 2.75) is 31.6 Å². The summed E-state index contributed by atoms with van der Waals surface area (Å²) >= 11 is 5.88. The molecule has 1 radical (unpaired) electrons. The molecular formula is C13H16Cl. The van der Waals surface area contributed by atoms with Crippen molar-refractivity contribution in [3.63, 3.8) is 0 Å². The Morgan fingerprint density at radius 2 is 1.93 bits per heavy atom. The van der Waals surface area contributed by atoms with Crippen LogP contribution in [0.4, 0.5) is 0 Å². The van der Waals surface area contributed by atoms with Crippen LogP contribution in [0, 0.1) is 12.8 Å². The van der Waals surface area contributed by atoms with Crippen LogP contribution in [0.15, 0.2) is 24.3 Å². The molecule has 2 atom stereocenters. The van der Waals surface area contributed by atoms with E-state index < -0.39 is 0 Å². The smallest absolute Gasteiger partial charge is 0.0406 e. The molecule has 0 N–H and O–H groups in total. The summed E-state index contributed by atoms with van der Waals surface area (Å²) in [6.07, 6.45) is 5.08. The Kier molecular flexibility index (Phi) is 3.12. The van der Waals surface area contributed by atoms with Gasteiger partial charge in [0.2, 0.25) is 0 Å². The van der Waals surface area contributed by atoms with Crippen LogP contribution in [0.3, 0.4) is 0 Å². The van der Waals surface area contributed by atoms with Crippen molar-refractivity contribution in [2.24, 2.45) is 5.92 Å². The maximum atomic E-state index is 5.88. The second-order valence-corrected chi connectivity index (χ2v) is 4.57. The molecule has 2 rings (SSSR count). The normalized spacial score (nSPS) is 26.7. The average molecular weight is 208 g/mol. The van der Waals surface area contributed by atoms with Crippen molar-refractivity contribution in [3.8, 4) is 0 Å². The number of hydrogen-bond acceptors (Lipinski definition) is 0. The molecule has 0 bridgehead atoms. The lowest BCUT2D eigenvalue weighted by Gasteiger charge is -2.18. The van der Waals surface area contributed by atoms with Gasteiger partial charge in [0, 0.05) is 5.02 Å². The lowest BCUT2D eigenvalue weighted by Crippen LogP contribution is -2.04. The summed E-state index contributed by atoms with van der Waals surface area (Å²) in [4.78, 5) is 0. The zero-order valence-corrected chi connectivity index (χ0v) is 9.13. The van der Waals surface area contributed by atoms with Crippen molar-refractivity contribution in [1.29, 1.82) is 0 Å². The molecule has 1 aromatic carbocycles. The monoisotopic (exact) mass is 207 g/mol. The highest BCUT2D eigenvalue weighted by atomic mass is 35.5. The Morgan fingerprint density at radius 3 is 2.57 bits per heavy atom. The molecule has 1 aromatic rings. The van der Waals surface area contributed by atoms with Gasteiger partial charge in [-0.15, -0.1) is 0 Å². The third-order valence-corrected chi connectivity index (χ3v) is 3.58. The predicted molar refractivity (Wildman–Crippen MR) is 61.5 cm³/mol. The molecule has 0 spiro atoms. The third-order valence-electron chi connectivity index (χ3n) is 3.33. The van der Waals surface area contributed by atoms with Crippen LogP contribution in [0.1, 0.15) is 37.2 Å². The molecule has 1 aliphatic rings. The highest BCUT2D eigenvalue weighted by molar-refractivity contribution is 6.30. The lowest BCUT2D eigenvalue weighted by atomic mass is 9.87. The summed E-state index contributed by atoms with van der Waals surface area (Å²) in [6, 6.07) is 8.33. The average Bonchev–Trinajstić information content (AvgIpc) is 2.67. The van der Waals surface area contributed by atoms with Gasteiger partial charge in [-0.05, 0) is 48.8 Å². The number of benzene rings is 1. The minimum Gasteiger partial charge on any atom is -0.0843 e. The summed E-state index contributed by atoms with van der Waals surface area (Å²) in [7, 11) is 0. The third kappa shape index (κ3) is 1.95. The van der Waals surface area contributed by atoms with Crippen LogP contribution < -0.4 is 0 Å². The first-order valence-corrected chi connectivity index (χ1v) is 5.74. The van der Waals surface area contributed by atoms with Gasteiger partial charge in [0.15, 0.2) is 0 Å².